The van der Waals surface area contributed by atoms with Gasteiger partial charge in [0.25, 0.3) is 0 Å². The van der Waals surface area contributed by atoms with Crippen molar-refractivity contribution in [3.8, 4) is 28.7 Å². The van der Waals surface area contributed by atoms with E-state index in [1.165, 1.54) is 42.5 Å². The van der Waals surface area contributed by atoms with Crippen molar-refractivity contribution in [2.75, 3.05) is 12.0 Å². The molecule has 0 radical (unpaired) electrons. The van der Waals surface area contributed by atoms with E-state index in [4.69, 9.17) is 9.47 Å². The molecular weight excluding hydrogens is 652 g/mol. The summed E-state index contributed by atoms with van der Waals surface area (Å²) < 4.78 is 94.5. The number of hydrogen-bond donors (Lipinski definition) is 1. The van der Waals surface area contributed by atoms with Crippen molar-refractivity contribution in [2.45, 2.75) is 64.7 Å². The summed E-state index contributed by atoms with van der Waals surface area (Å²) in [6.45, 7) is 4.97. The fraction of sp³-hybridized carbons (Fsp3) is 0.306. The summed E-state index contributed by atoms with van der Waals surface area (Å²) in [6.07, 6.45) is -9.26. The highest BCUT2D eigenvalue weighted by Gasteiger charge is 2.33. The Morgan fingerprint density at radius 1 is 0.918 bits per heavy atom. The lowest BCUT2D eigenvalue weighted by atomic mass is 9.92. The third kappa shape index (κ3) is 9.01. The number of hydrogen-bond acceptors (Lipinski definition) is 6. The number of alkyl halides is 6. The van der Waals surface area contributed by atoms with Gasteiger partial charge in [-0.3, -0.25) is 0 Å². The summed E-state index contributed by atoms with van der Waals surface area (Å²) in [5.41, 5.74) is -0.227. The van der Waals surface area contributed by atoms with Gasteiger partial charge in [-0.15, -0.1) is 0 Å². The molecule has 0 saturated carbocycles. The Morgan fingerprint density at radius 2 is 1.63 bits per heavy atom. The number of rotatable bonds is 12. The molecule has 49 heavy (non-hydrogen) atoms. The van der Waals surface area contributed by atoms with E-state index in [0.717, 1.165) is 23.8 Å². The van der Waals surface area contributed by atoms with Gasteiger partial charge in [-0.05, 0) is 89.2 Å². The third-order valence-electron chi connectivity index (χ3n) is 7.77. The predicted molar refractivity (Wildman–Crippen MR) is 170 cm³/mol. The zero-order chi connectivity index (χ0) is 36.1. The lowest BCUT2D eigenvalue weighted by molar-refractivity contribution is -0.145. The average molecular weight is 686 g/mol. The largest absolute Gasteiger partial charge is 0.496 e. The molecule has 258 valence electrons. The number of carbonyl (C=O) groups is 1. The summed E-state index contributed by atoms with van der Waals surface area (Å²) in [6, 6.07) is 16.1. The summed E-state index contributed by atoms with van der Waals surface area (Å²) in [5.74, 6) is -0.485. The molecule has 7 nitrogen and oxygen atoms in total. The smallest absolute Gasteiger partial charge is 0.416 e. The number of nitriles is 1. The van der Waals surface area contributed by atoms with Crippen molar-refractivity contribution in [3.63, 3.8) is 0 Å². The van der Waals surface area contributed by atoms with Gasteiger partial charge in [0.1, 0.15) is 17.3 Å². The molecule has 0 aliphatic carbocycles. The average Bonchev–Trinajstić information content (AvgIpc) is 3.05. The van der Waals surface area contributed by atoms with Gasteiger partial charge in [0.15, 0.2) is 6.10 Å². The second-order valence-corrected chi connectivity index (χ2v) is 11.6. The summed E-state index contributed by atoms with van der Waals surface area (Å²) in [7, 11) is 1.44. The molecule has 0 spiro atoms. The van der Waals surface area contributed by atoms with E-state index >= 15 is 0 Å². The molecule has 1 N–H and O–H groups in total. The number of nitrogens with zero attached hydrogens (tertiary/aromatic N) is 3. The maximum Gasteiger partial charge on any atom is 0.416 e. The van der Waals surface area contributed by atoms with E-state index in [-0.39, 0.29) is 53.7 Å². The molecular formula is C36H33F6N3O4. The van der Waals surface area contributed by atoms with Crippen LogP contribution in [-0.2, 0) is 30.2 Å². The topological polar surface area (TPSA) is 95.7 Å². The van der Waals surface area contributed by atoms with Gasteiger partial charge in [0.05, 0.1) is 36.1 Å². The minimum absolute atomic E-state index is 0.0540. The number of aliphatic carboxylic acids is 1. The van der Waals surface area contributed by atoms with Gasteiger partial charge in [-0.2, -0.15) is 31.6 Å². The Bertz CT molecular complexity index is 1830. The van der Waals surface area contributed by atoms with Crippen LogP contribution in [0.25, 0.3) is 11.1 Å². The molecule has 3 aromatic carbocycles. The Balaban J connectivity index is 1.90. The van der Waals surface area contributed by atoms with Crippen LogP contribution in [0, 0.1) is 11.3 Å². The Kier molecular flexibility index (Phi) is 11.1. The molecule has 1 aromatic heterocycles. The van der Waals surface area contributed by atoms with Crippen LogP contribution in [-0.4, -0.2) is 29.3 Å². The number of aromatic nitrogens is 1. The first-order chi connectivity index (χ1) is 23.0. The highest BCUT2D eigenvalue weighted by Crippen LogP contribution is 2.39. The van der Waals surface area contributed by atoms with Crippen molar-refractivity contribution in [3.05, 3.63) is 106 Å². The zero-order valence-corrected chi connectivity index (χ0v) is 27.0. The van der Waals surface area contributed by atoms with Crippen molar-refractivity contribution >= 4 is 11.8 Å². The van der Waals surface area contributed by atoms with Crippen molar-refractivity contribution in [2.24, 2.45) is 0 Å². The molecule has 1 unspecified atom stereocenters. The summed E-state index contributed by atoms with van der Waals surface area (Å²) in [5, 5.41) is 18.8. The van der Waals surface area contributed by atoms with E-state index < -0.39 is 35.6 Å². The van der Waals surface area contributed by atoms with Gasteiger partial charge in [-0.25, -0.2) is 9.78 Å². The lowest BCUT2D eigenvalue weighted by Gasteiger charge is -2.27. The minimum atomic E-state index is -4.77. The molecule has 1 atom stereocenters. The molecule has 0 aliphatic heterocycles. The van der Waals surface area contributed by atoms with Crippen molar-refractivity contribution in [1.29, 1.82) is 5.26 Å². The number of halogens is 6. The molecule has 0 aliphatic rings. The molecule has 4 aromatic rings. The molecule has 0 fully saturated rings. The minimum Gasteiger partial charge on any atom is -0.496 e. The number of benzene rings is 3. The number of carboxylic acids is 1. The van der Waals surface area contributed by atoms with Gasteiger partial charge in [0, 0.05) is 18.7 Å². The monoisotopic (exact) mass is 685 g/mol. The van der Waals surface area contributed by atoms with Crippen LogP contribution in [0.15, 0.2) is 72.9 Å². The molecule has 1 heterocycles. The normalized spacial score (nSPS) is 12.4. The SMILES string of the molecule is CCC(Oc1ccc(N(Cc2cc(C#N)cc(C(F)(F)F)c2)Cc2cc(C(F)(F)F)ccc2-c2cc(C(C)C)ccc2OC)nc1)C(=O)O. The Morgan fingerprint density at radius 3 is 2.18 bits per heavy atom. The van der Waals surface area contributed by atoms with E-state index in [9.17, 15) is 41.5 Å². The van der Waals surface area contributed by atoms with E-state index in [2.05, 4.69) is 4.98 Å². The van der Waals surface area contributed by atoms with E-state index in [1.807, 2.05) is 26.0 Å². The molecule has 0 amide bonds. The second-order valence-electron chi connectivity index (χ2n) is 11.6. The van der Waals surface area contributed by atoms with Crippen LogP contribution in [0.4, 0.5) is 32.2 Å². The lowest BCUT2D eigenvalue weighted by Crippen LogP contribution is -2.26. The van der Waals surface area contributed by atoms with Crippen molar-refractivity contribution < 1.29 is 45.7 Å². The molecule has 0 saturated heterocycles. The highest BCUT2D eigenvalue weighted by atomic mass is 19.4. The van der Waals surface area contributed by atoms with Gasteiger partial charge in [0.2, 0.25) is 0 Å². The van der Waals surface area contributed by atoms with Crippen LogP contribution in [0.5, 0.6) is 11.5 Å². The first-order valence-electron chi connectivity index (χ1n) is 15.1. The maximum atomic E-state index is 14.1. The standard InChI is InChI=1S/C36H33F6N3O4/c1-5-31(34(46)47)49-28-8-11-33(44-18-28)45(19-23-12-22(17-43)13-27(14-23)36(40,41)42)20-25-15-26(35(37,38)39)7-9-29(25)30-16-24(21(2)3)6-10-32(30)48-4/h6-16,18,21,31H,5,19-20H2,1-4H3,(H,46,47). The summed E-state index contributed by atoms with van der Waals surface area (Å²) >= 11 is 0. The van der Waals surface area contributed by atoms with E-state index in [1.54, 1.807) is 19.1 Å². The first kappa shape index (κ1) is 36.6. The van der Waals surface area contributed by atoms with Gasteiger partial charge in [-0.1, -0.05) is 32.9 Å². The zero-order valence-electron chi connectivity index (χ0n) is 27.0. The van der Waals surface area contributed by atoms with Crippen molar-refractivity contribution in [1.82, 2.24) is 4.98 Å². The Hall–Kier alpha value is -5.25. The molecule has 0 bridgehead atoms. The first-order valence-corrected chi connectivity index (χ1v) is 15.1. The van der Waals surface area contributed by atoms with Gasteiger partial charge < -0.3 is 19.5 Å². The van der Waals surface area contributed by atoms with Crippen LogP contribution in [0.1, 0.15) is 66.5 Å². The fourth-order valence-electron chi connectivity index (χ4n) is 5.22. The van der Waals surface area contributed by atoms with Gasteiger partial charge >= 0.3 is 18.3 Å². The summed E-state index contributed by atoms with van der Waals surface area (Å²) in [4.78, 5) is 17.3. The third-order valence-corrected chi connectivity index (χ3v) is 7.77. The quantitative estimate of drug-likeness (QED) is 0.149. The number of anilines is 1. The van der Waals surface area contributed by atoms with Crippen LogP contribution >= 0.6 is 0 Å². The second kappa shape index (κ2) is 14.9. The number of ether oxygens (including phenoxy) is 2. The number of methoxy groups -OCH3 is 1. The Labute approximate surface area is 279 Å². The number of carboxylic acid groups (broad SMARTS) is 1. The van der Waals surface area contributed by atoms with E-state index in [0.29, 0.717) is 22.9 Å². The maximum absolute atomic E-state index is 14.1. The molecule has 13 heteroatoms. The van der Waals surface area contributed by atoms with Crippen LogP contribution < -0.4 is 14.4 Å². The highest BCUT2D eigenvalue weighted by molar-refractivity contribution is 5.75. The molecule has 4 rings (SSSR count). The number of pyridine rings is 1. The van der Waals surface area contributed by atoms with Crippen LogP contribution in [0.2, 0.25) is 0 Å². The van der Waals surface area contributed by atoms with Crippen LogP contribution in [0.3, 0.4) is 0 Å². The fourth-order valence-corrected chi connectivity index (χ4v) is 5.22. The predicted octanol–water partition coefficient (Wildman–Crippen LogP) is 9.24.